The Morgan fingerprint density at radius 2 is 1.81 bits per heavy atom. The zero-order chi connectivity index (χ0) is 16.0. The summed E-state index contributed by atoms with van der Waals surface area (Å²) < 4.78 is 31.7. The molecule has 116 valence electrons. The monoisotopic (exact) mass is 330 g/mol. The van der Waals surface area contributed by atoms with Crippen LogP contribution in [0.1, 0.15) is 38.3 Å². The molecule has 0 saturated carbocycles. The van der Waals surface area contributed by atoms with Crippen molar-refractivity contribution in [2.75, 3.05) is 0 Å². The number of nitrogens with zero attached hydrogens (tertiary/aromatic N) is 1. The zero-order valence-electron chi connectivity index (χ0n) is 12.4. The maximum atomic E-state index is 12.1. The third kappa shape index (κ3) is 4.84. The molecule has 0 fully saturated rings. The van der Waals surface area contributed by atoms with E-state index in [9.17, 15) is 8.42 Å². The van der Waals surface area contributed by atoms with Crippen molar-refractivity contribution < 1.29 is 12.9 Å². The molecule has 0 spiro atoms. The van der Waals surface area contributed by atoms with Crippen LogP contribution < -0.4 is 4.72 Å². The molecule has 5 nitrogen and oxygen atoms in total. The predicted octanol–water partition coefficient (Wildman–Crippen LogP) is 3.70. The molecule has 0 radical (unpaired) electrons. The number of rotatable bonds is 4. The van der Waals surface area contributed by atoms with Crippen LogP contribution >= 0.6 is 11.6 Å². The summed E-state index contributed by atoms with van der Waals surface area (Å²) >= 11 is 5.73. The Balaban J connectivity index is 0.00000106. The van der Waals surface area contributed by atoms with E-state index >= 15 is 0 Å². The van der Waals surface area contributed by atoms with E-state index in [-0.39, 0.29) is 4.90 Å². The van der Waals surface area contributed by atoms with E-state index in [0.29, 0.717) is 16.5 Å². The first-order chi connectivity index (χ1) is 9.88. The maximum Gasteiger partial charge on any atom is 0.241 e. The highest BCUT2D eigenvalue weighted by molar-refractivity contribution is 7.89. The lowest BCUT2D eigenvalue weighted by molar-refractivity contribution is 0.385. The molecule has 1 heterocycles. The van der Waals surface area contributed by atoms with E-state index < -0.39 is 16.1 Å². The van der Waals surface area contributed by atoms with E-state index in [1.54, 1.807) is 19.9 Å². The topological polar surface area (TPSA) is 72.2 Å². The van der Waals surface area contributed by atoms with Crippen molar-refractivity contribution in [3.8, 4) is 0 Å². The molecule has 21 heavy (non-hydrogen) atoms. The fourth-order valence-corrected chi connectivity index (χ4v) is 2.91. The highest BCUT2D eigenvalue weighted by atomic mass is 35.5. The van der Waals surface area contributed by atoms with Crippen LogP contribution in [0.15, 0.2) is 39.8 Å². The van der Waals surface area contributed by atoms with E-state index in [1.165, 1.54) is 24.3 Å². The van der Waals surface area contributed by atoms with Gasteiger partial charge in [0.05, 0.1) is 10.9 Å². The third-order valence-corrected chi connectivity index (χ3v) is 4.35. The molecule has 7 heteroatoms. The number of aryl methyl sites for hydroxylation is 1. The molecule has 1 aromatic carbocycles. The number of halogens is 1. The van der Waals surface area contributed by atoms with E-state index in [0.717, 1.165) is 0 Å². The van der Waals surface area contributed by atoms with Crippen LogP contribution in [0, 0.1) is 6.92 Å². The Labute approximate surface area is 130 Å². The van der Waals surface area contributed by atoms with Gasteiger partial charge in [-0.2, -0.15) is 0 Å². The molecule has 2 rings (SSSR count). The number of sulfonamides is 1. The van der Waals surface area contributed by atoms with Gasteiger partial charge in [0.1, 0.15) is 11.5 Å². The Morgan fingerprint density at radius 1 is 1.24 bits per heavy atom. The second-order valence-corrected chi connectivity index (χ2v) is 6.31. The van der Waals surface area contributed by atoms with Crippen LogP contribution in [0.5, 0.6) is 0 Å². The van der Waals surface area contributed by atoms with Crippen molar-refractivity contribution >= 4 is 21.6 Å². The first-order valence-electron chi connectivity index (χ1n) is 6.59. The molecule has 0 saturated heterocycles. The summed E-state index contributed by atoms with van der Waals surface area (Å²) in [6.45, 7) is 7.45. The summed E-state index contributed by atoms with van der Waals surface area (Å²) in [6, 6.07) is 7.17. The average molecular weight is 331 g/mol. The molecule has 1 atom stereocenters. The number of nitrogens with one attached hydrogen (secondary N) is 1. The normalized spacial score (nSPS) is 12.4. The minimum absolute atomic E-state index is 0.156. The van der Waals surface area contributed by atoms with Gasteiger partial charge in [-0.3, -0.25) is 0 Å². The van der Waals surface area contributed by atoms with E-state index in [1.807, 2.05) is 13.8 Å². The van der Waals surface area contributed by atoms with Crippen molar-refractivity contribution in [3.05, 3.63) is 46.8 Å². The van der Waals surface area contributed by atoms with Gasteiger partial charge < -0.3 is 4.52 Å². The van der Waals surface area contributed by atoms with Gasteiger partial charge in [-0.15, -0.1) is 0 Å². The smallest absolute Gasteiger partial charge is 0.241 e. The molecule has 0 aliphatic rings. The predicted molar refractivity (Wildman–Crippen MR) is 82.8 cm³/mol. The second kappa shape index (κ2) is 7.59. The number of aromatic nitrogens is 1. The Hall–Kier alpha value is -1.37. The van der Waals surface area contributed by atoms with Crippen LogP contribution in [0.4, 0.5) is 0 Å². The third-order valence-electron chi connectivity index (χ3n) is 2.55. The molecular formula is C14H19ClN2O3S. The van der Waals surface area contributed by atoms with Crippen LogP contribution in [-0.2, 0) is 10.0 Å². The van der Waals surface area contributed by atoms with Gasteiger partial charge in [-0.1, -0.05) is 30.6 Å². The average Bonchev–Trinajstić information content (AvgIpc) is 2.88. The minimum Gasteiger partial charge on any atom is -0.361 e. The van der Waals surface area contributed by atoms with Gasteiger partial charge in [-0.05, 0) is 38.1 Å². The highest BCUT2D eigenvalue weighted by Gasteiger charge is 2.20. The molecular weight excluding hydrogens is 312 g/mol. The van der Waals surface area contributed by atoms with Gasteiger partial charge in [0.2, 0.25) is 10.0 Å². The summed E-state index contributed by atoms with van der Waals surface area (Å²) in [4.78, 5) is 0.156. The van der Waals surface area contributed by atoms with Crippen molar-refractivity contribution in [2.24, 2.45) is 0 Å². The van der Waals surface area contributed by atoms with Crippen molar-refractivity contribution in [1.82, 2.24) is 9.88 Å². The second-order valence-electron chi connectivity index (χ2n) is 4.16. The fraction of sp³-hybridized carbons (Fsp3) is 0.357. The van der Waals surface area contributed by atoms with E-state index in [4.69, 9.17) is 16.1 Å². The van der Waals surface area contributed by atoms with Crippen LogP contribution in [0.25, 0.3) is 0 Å². The molecule has 0 aliphatic heterocycles. The van der Waals surface area contributed by atoms with Gasteiger partial charge in [0.25, 0.3) is 0 Å². The van der Waals surface area contributed by atoms with Crippen molar-refractivity contribution in [3.63, 3.8) is 0 Å². The summed E-state index contributed by atoms with van der Waals surface area (Å²) in [7, 11) is -3.61. The number of hydrogen-bond donors (Lipinski definition) is 1. The molecule has 1 N–H and O–H groups in total. The van der Waals surface area contributed by atoms with Gasteiger partial charge >= 0.3 is 0 Å². The van der Waals surface area contributed by atoms with Crippen molar-refractivity contribution in [1.29, 1.82) is 0 Å². The Kier molecular flexibility index (Phi) is 6.39. The Bertz CT molecular complexity index is 666. The van der Waals surface area contributed by atoms with Crippen LogP contribution in [-0.4, -0.2) is 13.6 Å². The molecule has 1 aromatic heterocycles. The zero-order valence-corrected chi connectivity index (χ0v) is 14.0. The molecule has 0 aliphatic carbocycles. The fourth-order valence-electron chi connectivity index (χ4n) is 1.56. The summed E-state index contributed by atoms with van der Waals surface area (Å²) in [6.07, 6.45) is 0. The highest BCUT2D eigenvalue weighted by Crippen LogP contribution is 2.18. The van der Waals surface area contributed by atoms with Crippen molar-refractivity contribution in [2.45, 2.75) is 38.6 Å². The first kappa shape index (κ1) is 17.7. The van der Waals surface area contributed by atoms with Gasteiger partial charge in [-0.25, -0.2) is 13.1 Å². The lowest BCUT2D eigenvalue weighted by Gasteiger charge is -2.11. The molecule has 0 amide bonds. The molecule has 0 bridgehead atoms. The van der Waals surface area contributed by atoms with E-state index in [2.05, 4.69) is 9.88 Å². The SMILES string of the molecule is CC.Cc1cc(C(C)NS(=O)(=O)c2ccc(Cl)cc2)no1. The summed E-state index contributed by atoms with van der Waals surface area (Å²) in [5, 5.41) is 4.27. The van der Waals surface area contributed by atoms with Crippen LogP contribution in [0.2, 0.25) is 5.02 Å². The number of benzene rings is 1. The lowest BCUT2D eigenvalue weighted by Crippen LogP contribution is -2.27. The van der Waals surface area contributed by atoms with Gasteiger partial charge in [0, 0.05) is 11.1 Å². The minimum atomic E-state index is -3.61. The van der Waals surface area contributed by atoms with Crippen LogP contribution in [0.3, 0.4) is 0 Å². The standard InChI is InChI=1S/C12H13ClN2O3S.C2H6/c1-8-7-12(14-18-8)9(2)15-19(16,17)11-5-3-10(13)4-6-11;1-2/h3-7,9,15H,1-2H3;1-2H3. The Morgan fingerprint density at radius 3 is 2.29 bits per heavy atom. The van der Waals surface area contributed by atoms with Gasteiger partial charge in [0.15, 0.2) is 0 Å². The quantitative estimate of drug-likeness (QED) is 0.927. The first-order valence-corrected chi connectivity index (χ1v) is 8.46. The molecule has 2 aromatic rings. The number of hydrogen-bond acceptors (Lipinski definition) is 4. The summed E-state index contributed by atoms with van der Waals surface area (Å²) in [5.41, 5.74) is 0.537. The maximum absolute atomic E-state index is 12.1. The molecule has 1 unspecified atom stereocenters. The largest absolute Gasteiger partial charge is 0.361 e. The summed E-state index contributed by atoms with van der Waals surface area (Å²) in [5.74, 6) is 0.632. The lowest BCUT2D eigenvalue weighted by atomic mass is 10.2.